The SMILES string of the molecule is CNC(Cc1ccccc1C)c1cc2cccc(Cl)c2o1. The van der Waals surface area contributed by atoms with Crippen LogP contribution in [0.5, 0.6) is 0 Å². The van der Waals surface area contributed by atoms with Gasteiger partial charge in [-0.2, -0.15) is 0 Å². The van der Waals surface area contributed by atoms with Gasteiger partial charge in [0.25, 0.3) is 0 Å². The molecule has 3 rings (SSSR count). The predicted octanol–water partition coefficient (Wildman–Crippen LogP) is 4.90. The Morgan fingerprint density at radius 1 is 1.14 bits per heavy atom. The standard InChI is InChI=1S/C18H18ClNO/c1-12-6-3-4-7-13(12)10-16(20-2)17-11-14-8-5-9-15(19)18(14)21-17/h3-9,11,16,20H,10H2,1-2H3. The largest absolute Gasteiger partial charge is 0.458 e. The second-order valence-electron chi connectivity index (χ2n) is 5.28. The van der Waals surface area contributed by atoms with Crippen LogP contribution in [0, 0.1) is 6.92 Å². The van der Waals surface area contributed by atoms with Gasteiger partial charge in [-0.05, 0) is 43.7 Å². The van der Waals surface area contributed by atoms with Crippen LogP contribution in [0.1, 0.15) is 22.9 Å². The van der Waals surface area contributed by atoms with Crippen molar-refractivity contribution in [2.75, 3.05) is 7.05 Å². The number of aryl methyl sites for hydroxylation is 1. The van der Waals surface area contributed by atoms with Crippen molar-refractivity contribution in [1.29, 1.82) is 0 Å². The average molecular weight is 300 g/mol. The molecular weight excluding hydrogens is 282 g/mol. The summed E-state index contributed by atoms with van der Waals surface area (Å²) < 4.78 is 5.97. The predicted molar refractivity (Wildman–Crippen MR) is 87.9 cm³/mol. The van der Waals surface area contributed by atoms with Crippen LogP contribution in [0.2, 0.25) is 5.02 Å². The number of benzene rings is 2. The quantitative estimate of drug-likeness (QED) is 0.741. The lowest BCUT2D eigenvalue weighted by Crippen LogP contribution is -2.18. The molecule has 0 fully saturated rings. The van der Waals surface area contributed by atoms with Crippen molar-refractivity contribution in [1.82, 2.24) is 5.32 Å². The first-order valence-corrected chi connectivity index (χ1v) is 7.46. The molecule has 0 amide bonds. The van der Waals surface area contributed by atoms with E-state index in [1.165, 1.54) is 11.1 Å². The van der Waals surface area contributed by atoms with E-state index in [9.17, 15) is 0 Å². The maximum Gasteiger partial charge on any atom is 0.152 e. The molecule has 1 unspecified atom stereocenters. The van der Waals surface area contributed by atoms with E-state index in [2.05, 4.69) is 42.6 Å². The summed E-state index contributed by atoms with van der Waals surface area (Å²) in [5.74, 6) is 0.920. The van der Waals surface area contributed by atoms with Crippen molar-refractivity contribution in [2.24, 2.45) is 0 Å². The van der Waals surface area contributed by atoms with Crippen LogP contribution in [-0.2, 0) is 6.42 Å². The first kappa shape index (κ1) is 14.2. The van der Waals surface area contributed by atoms with E-state index < -0.39 is 0 Å². The molecule has 1 heterocycles. The molecule has 0 aliphatic rings. The van der Waals surface area contributed by atoms with Gasteiger partial charge in [0.05, 0.1) is 11.1 Å². The van der Waals surface area contributed by atoms with Crippen LogP contribution < -0.4 is 5.32 Å². The fourth-order valence-corrected chi connectivity index (χ4v) is 2.84. The molecular formula is C18H18ClNO. The van der Waals surface area contributed by atoms with E-state index >= 15 is 0 Å². The van der Waals surface area contributed by atoms with Gasteiger partial charge in [-0.1, -0.05) is 48.0 Å². The third-order valence-electron chi connectivity index (χ3n) is 3.89. The molecule has 0 saturated carbocycles. The molecule has 3 aromatic rings. The fourth-order valence-electron chi connectivity index (χ4n) is 2.62. The van der Waals surface area contributed by atoms with Gasteiger partial charge in [-0.3, -0.25) is 0 Å². The second-order valence-corrected chi connectivity index (χ2v) is 5.69. The molecule has 1 N–H and O–H groups in total. The molecule has 3 heteroatoms. The number of hydrogen-bond donors (Lipinski definition) is 1. The minimum Gasteiger partial charge on any atom is -0.458 e. The zero-order valence-electron chi connectivity index (χ0n) is 12.2. The first-order valence-electron chi connectivity index (χ1n) is 7.09. The Morgan fingerprint density at radius 2 is 1.95 bits per heavy atom. The Balaban J connectivity index is 1.95. The number of rotatable bonds is 4. The Hall–Kier alpha value is -1.77. The number of nitrogens with one attached hydrogen (secondary N) is 1. The molecule has 0 aliphatic heterocycles. The summed E-state index contributed by atoms with van der Waals surface area (Å²) in [6, 6.07) is 16.5. The topological polar surface area (TPSA) is 25.2 Å². The number of furan rings is 1. The first-order chi connectivity index (χ1) is 10.2. The van der Waals surface area contributed by atoms with Crippen molar-refractivity contribution >= 4 is 22.6 Å². The van der Waals surface area contributed by atoms with Gasteiger partial charge in [-0.25, -0.2) is 0 Å². The zero-order chi connectivity index (χ0) is 14.8. The van der Waals surface area contributed by atoms with Gasteiger partial charge in [0, 0.05) is 5.39 Å². The maximum absolute atomic E-state index is 6.19. The van der Waals surface area contributed by atoms with Gasteiger partial charge in [-0.15, -0.1) is 0 Å². The Labute approximate surface area is 129 Å². The van der Waals surface area contributed by atoms with Crippen LogP contribution in [0.15, 0.2) is 52.9 Å². The van der Waals surface area contributed by atoms with Crippen LogP contribution in [0.4, 0.5) is 0 Å². The minimum atomic E-state index is 0.134. The molecule has 2 nitrogen and oxygen atoms in total. The molecule has 0 spiro atoms. The Bertz CT molecular complexity index is 763. The highest BCUT2D eigenvalue weighted by molar-refractivity contribution is 6.34. The van der Waals surface area contributed by atoms with E-state index in [1.807, 2.05) is 25.2 Å². The summed E-state index contributed by atoms with van der Waals surface area (Å²) >= 11 is 6.19. The van der Waals surface area contributed by atoms with E-state index in [0.29, 0.717) is 5.02 Å². The second kappa shape index (κ2) is 5.92. The zero-order valence-corrected chi connectivity index (χ0v) is 12.9. The highest BCUT2D eigenvalue weighted by Gasteiger charge is 2.17. The van der Waals surface area contributed by atoms with Gasteiger partial charge in [0.1, 0.15) is 5.76 Å². The van der Waals surface area contributed by atoms with Crippen LogP contribution >= 0.6 is 11.6 Å². The van der Waals surface area contributed by atoms with E-state index in [0.717, 1.165) is 23.2 Å². The minimum absolute atomic E-state index is 0.134. The highest BCUT2D eigenvalue weighted by atomic mass is 35.5. The lowest BCUT2D eigenvalue weighted by atomic mass is 10.00. The normalized spacial score (nSPS) is 12.7. The molecule has 0 radical (unpaired) electrons. The van der Waals surface area contributed by atoms with Crippen LogP contribution in [0.25, 0.3) is 11.0 Å². The summed E-state index contributed by atoms with van der Waals surface area (Å²) in [4.78, 5) is 0. The molecule has 1 atom stereocenters. The summed E-state index contributed by atoms with van der Waals surface area (Å²) in [6.07, 6.45) is 0.889. The van der Waals surface area contributed by atoms with Crippen molar-refractivity contribution in [3.8, 4) is 0 Å². The van der Waals surface area contributed by atoms with Crippen molar-refractivity contribution < 1.29 is 4.42 Å². The maximum atomic E-state index is 6.19. The monoisotopic (exact) mass is 299 g/mol. The third kappa shape index (κ3) is 2.82. The lowest BCUT2D eigenvalue weighted by molar-refractivity contribution is 0.450. The van der Waals surface area contributed by atoms with Crippen molar-refractivity contribution in [3.63, 3.8) is 0 Å². The van der Waals surface area contributed by atoms with Crippen molar-refractivity contribution in [2.45, 2.75) is 19.4 Å². The summed E-state index contributed by atoms with van der Waals surface area (Å²) in [6.45, 7) is 2.14. The van der Waals surface area contributed by atoms with Gasteiger partial charge in [0.2, 0.25) is 0 Å². The molecule has 108 valence electrons. The summed E-state index contributed by atoms with van der Waals surface area (Å²) in [7, 11) is 1.96. The van der Waals surface area contributed by atoms with Crippen LogP contribution in [0.3, 0.4) is 0 Å². The smallest absolute Gasteiger partial charge is 0.152 e. The number of hydrogen-bond acceptors (Lipinski definition) is 2. The average Bonchev–Trinajstić information content (AvgIpc) is 2.92. The van der Waals surface area contributed by atoms with Gasteiger partial charge >= 0.3 is 0 Å². The summed E-state index contributed by atoms with van der Waals surface area (Å²) in [5.41, 5.74) is 3.38. The van der Waals surface area contributed by atoms with Gasteiger partial charge < -0.3 is 9.73 Å². The summed E-state index contributed by atoms with van der Waals surface area (Å²) in [5, 5.41) is 5.04. The molecule has 2 aromatic carbocycles. The van der Waals surface area contributed by atoms with Crippen molar-refractivity contribution in [3.05, 3.63) is 70.4 Å². The molecule has 0 bridgehead atoms. The molecule has 0 aliphatic carbocycles. The van der Waals surface area contributed by atoms with Gasteiger partial charge in [0.15, 0.2) is 5.58 Å². The number of fused-ring (bicyclic) bond motifs is 1. The highest BCUT2D eigenvalue weighted by Crippen LogP contribution is 2.30. The fraction of sp³-hybridized carbons (Fsp3) is 0.222. The third-order valence-corrected chi connectivity index (χ3v) is 4.19. The Morgan fingerprint density at radius 3 is 2.67 bits per heavy atom. The van der Waals surface area contributed by atoms with E-state index in [4.69, 9.17) is 16.0 Å². The number of halogens is 1. The van der Waals surface area contributed by atoms with E-state index in [1.54, 1.807) is 0 Å². The number of likely N-dealkylation sites (N-methyl/N-ethyl adjacent to an activating group) is 1. The van der Waals surface area contributed by atoms with Crippen LogP contribution in [-0.4, -0.2) is 7.05 Å². The number of para-hydroxylation sites is 1. The lowest BCUT2D eigenvalue weighted by Gasteiger charge is -2.15. The molecule has 0 saturated heterocycles. The Kier molecular flexibility index (Phi) is 4.00. The molecule has 21 heavy (non-hydrogen) atoms. The van der Waals surface area contributed by atoms with E-state index in [-0.39, 0.29) is 6.04 Å². The molecule has 1 aromatic heterocycles.